The van der Waals surface area contributed by atoms with Gasteiger partial charge >= 0.3 is 0 Å². The largest absolute Gasteiger partial charge is 0.495 e. The normalized spacial score (nSPS) is 10.2. The van der Waals surface area contributed by atoms with E-state index < -0.39 is 0 Å². The molecule has 2 aromatic rings. The summed E-state index contributed by atoms with van der Waals surface area (Å²) in [4.78, 5) is 0. The summed E-state index contributed by atoms with van der Waals surface area (Å²) in [5, 5.41) is 3.80. The molecule has 2 aromatic carbocycles. The van der Waals surface area contributed by atoms with Crippen LogP contribution in [0.25, 0.3) is 11.1 Å². The molecule has 0 aliphatic carbocycles. The van der Waals surface area contributed by atoms with Crippen LogP contribution in [0.4, 0.5) is 5.69 Å². The Labute approximate surface area is 113 Å². The van der Waals surface area contributed by atoms with E-state index in [-0.39, 0.29) is 0 Å². The lowest BCUT2D eigenvalue weighted by Gasteiger charge is -2.12. The molecular weight excluding hydrogens is 246 g/mol. The zero-order valence-corrected chi connectivity index (χ0v) is 11.5. The Kier molecular flexibility index (Phi) is 3.78. The monoisotopic (exact) mass is 261 g/mol. The van der Waals surface area contributed by atoms with Gasteiger partial charge < -0.3 is 10.1 Å². The zero-order chi connectivity index (χ0) is 13.1. The summed E-state index contributed by atoms with van der Waals surface area (Å²) in [7, 11) is 3.50. The first-order valence-corrected chi connectivity index (χ1v) is 6.16. The maximum atomic E-state index is 6.30. The maximum Gasteiger partial charge on any atom is 0.143 e. The highest BCUT2D eigenvalue weighted by Gasteiger charge is 2.09. The van der Waals surface area contributed by atoms with Gasteiger partial charge in [-0.15, -0.1) is 0 Å². The molecule has 0 unspecified atom stereocenters. The number of nitrogens with one attached hydrogen (secondary N) is 1. The smallest absolute Gasteiger partial charge is 0.143 e. The first kappa shape index (κ1) is 12.8. The summed E-state index contributed by atoms with van der Waals surface area (Å²) in [5.41, 5.74) is 4.27. The van der Waals surface area contributed by atoms with Crippen molar-refractivity contribution in [1.82, 2.24) is 0 Å². The minimum atomic E-state index is 0.690. The summed E-state index contributed by atoms with van der Waals surface area (Å²) in [6, 6.07) is 12.1. The molecule has 18 heavy (non-hydrogen) atoms. The first-order valence-electron chi connectivity index (χ1n) is 5.78. The second-order valence-corrected chi connectivity index (χ2v) is 4.56. The van der Waals surface area contributed by atoms with E-state index in [1.165, 1.54) is 5.56 Å². The van der Waals surface area contributed by atoms with Gasteiger partial charge in [-0.05, 0) is 18.6 Å². The van der Waals surface area contributed by atoms with E-state index in [0.29, 0.717) is 5.02 Å². The van der Waals surface area contributed by atoms with Gasteiger partial charge in [-0.1, -0.05) is 41.4 Å². The molecule has 0 spiro atoms. The van der Waals surface area contributed by atoms with E-state index in [2.05, 4.69) is 36.5 Å². The van der Waals surface area contributed by atoms with Crippen LogP contribution in [0.2, 0.25) is 5.02 Å². The molecule has 1 N–H and O–H groups in total. The van der Waals surface area contributed by atoms with Crippen LogP contribution in [0, 0.1) is 6.92 Å². The van der Waals surface area contributed by atoms with E-state index in [1.54, 1.807) is 7.11 Å². The van der Waals surface area contributed by atoms with Crippen molar-refractivity contribution < 1.29 is 4.74 Å². The topological polar surface area (TPSA) is 21.3 Å². The quantitative estimate of drug-likeness (QED) is 0.886. The molecule has 0 saturated carbocycles. The van der Waals surface area contributed by atoms with E-state index in [9.17, 15) is 0 Å². The van der Waals surface area contributed by atoms with Gasteiger partial charge in [0.05, 0.1) is 17.8 Å². The van der Waals surface area contributed by atoms with Crippen molar-refractivity contribution in [3.63, 3.8) is 0 Å². The molecule has 0 aromatic heterocycles. The Morgan fingerprint density at radius 1 is 1.11 bits per heavy atom. The molecule has 0 radical (unpaired) electrons. The van der Waals surface area contributed by atoms with Crippen molar-refractivity contribution in [3.05, 3.63) is 47.0 Å². The number of anilines is 1. The average molecular weight is 262 g/mol. The number of benzene rings is 2. The molecule has 0 aliphatic heterocycles. The molecular formula is C15H16ClNO. The van der Waals surface area contributed by atoms with Crippen molar-refractivity contribution in [2.45, 2.75) is 6.92 Å². The lowest BCUT2D eigenvalue weighted by molar-refractivity contribution is 0.417. The molecule has 0 saturated heterocycles. The summed E-state index contributed by atoms with van der Waals surface area (Å²) < 4.78 is 5.28. The van der Waals surface area contributed by atoms with Crippen LogP contribution in [-0.4, -0.2) is 14.2 Å². The van der Waals surface area contributed by atoms with Crippen LogP contribution < -0.4 is 10.1 Å². The van der Waals surface area contributed by atoms with Gasteiger partial charge in [-0.25, -0.2) is 0 Å². The van der Waals surface area contributed by atoms with Crippen LogP contribution in [0.5, 0.6) is 5.75 Å². The van der Waals surface area contributed by atoms with E-state index in [1.807, 2.05) is 19.2 Å². The third-order valence-corrected chi connectivity index (χ3v) is 3.23. The minimum absolute atomic E-state index is 0.690. The van der Waals surface area contributed by atoms with Gasteiger partial charge in [0.2, 0.25) is 0 Å². The standard InChI is InChI=1S/C15H16ClNO/c1-10-4-6-11(7-5-10)12-8-14(17-2)15(18-3)9-13(12)16/h4-9,17H,1-3H3. The second-order valence-electron chi connectivity index (χ2n) is 4.15. The SMILES string of the molecule is CNc1cc(-c2ccc(C)cc2)c(Cl)cc1OC. The average Bonchev–Trinajstić information content (AvgIpc) is 2.39. The molecule has 0 bridgehead atoms. The molecule has 0 fully saturated rings. The molecule has 2 rings (SSSR count). The zero-order valence-electron chi connectivity index (χ0n) is 10.8. The number of hydrogen-bond donors (Lipinski definition) is 1. The Morgan fingerprint density at radius 3 is 2.33 bits per heavy atom. The Bertz CT molecular complexity index is 549. The highest BCUT2D eigenvalue weighted by atomic mass is 35.5. The van der Waals surface area contributed by atoms with Crippen LogP contribution in [0.15, 0.2) is 36.4 Å². The van der Waals surface area contributed by atoms with Gasteiger partial charge in [-0.2, -0.15) is 0 Å². The van der Waals surface area contributed by atoms with Crippen LogP contribution in [0.1, 0.15) is 5.56 Å². The van der Waals surface area contributed by atoms with Gasteiger partial charge in [-0.3, -0.25) is 0 Å². The Balaban J connectivity index is 2.54. The molecule has 2 nitrogen and oxygen atoms in total. The van der Waals surface area contributed by atoms with Gasteiger partial charge in [0, 0.05) is 18.7 Å². The number of hydrogen-bond acceptors (Lipinski definition) is 2. The highest BCUT2D eigenvalue weighted by molar-refractivity contribution is 6.33. The minimum Gasteiger partial charge on any atom is -0.495 e. The van der Waals surface area contributed by atoms with Gasteiger partial charge in [0.25, 0.3) is 0 Å². The maximum absolute atomic E-state index is 6.30. The number of ether oxygens (including phenoxy) is 1. The number of methoxy groups -OCH3 is 1. The lowest BCUT2D eigenvalue weighted by Crippen LogP contribution is -1.95. The van der Waals surface area contributed by atoms with E-state index >= 15 is 0 Å². The van der Waals surface area contributed by atoms with Gasteiger partial charge in [0.1, 0.15) is 5.75 Å². The number of rotatable bonds is 3. The fraction of sp³-hybridized carbons (Fsp3) is 0.200. The number of halogens is 1. The van der Waals surface area contributed by atoms with Crippen LogP contribution in [-0.2, 0) is 0 Å². The summed E-state index contributed by atoms with van der Waals surface area (Å²) in [6.45, 7) is 2.07. The van der Waals surface area contributed by atoms with Crippen molar-refractivity contribution in [2.24, 2.45) is 0 Å². The summed E-state index contributed by atoms with van der Waals surface area (Å²) >= 11 is 6.30. The predicted molar refractivity (Wildman–Crippen MR) is 77.7 cm³/mol. The second kappa shape index (κ2) is 5.32. The molecule has 0 atom stereocenters. The van der Waals surface area contributed by atoms with E-state index in [0.717, 1.165) is 22.6 Å². The van der Waals surface area contributed by atoms with Crippen molar-refractivity contribution in [2.75, 3.05) is 19.5 Å². The summed E-state index contributed by atoms with van der Waals surface area (Å²) in [6.07, 6.45) is 0. The fourth-order valence-electron chi connectivity index (χ4n) is 1.87. The Morgan fingerprint density at radius 2 is 1.78 bits per heavy atom. The lowest BCUT2D eigenvalue weighted by atomic mass is 10.0. The van der Waals surface area contributed by atoms with Crippen LogP contribution >= 0.6 is 11.6 Å². The van der Waals surface area contributed by atoms with E-state index in [4.69, 9.17) is 16.3 Å². The van der Waals surface area contributed by atoms with Crippen LogP contribution in [0.3, 0.4) is 0 Å². The molecule has 0 amide bonds. The third-order valence-electron chi connectivity index (χ3n) is 2.92. The van der Waals surface area contributed by atoms with Crippen molar-refractivity contribution in [1.29, 1.82) is 0 Å². The predicted octanol–water partition coefficient (Wildman–Crippen LogP) is 4.37. The molecule has 0 aliphatic rings. The van der Waals surface area contributed by atoms with Crippen molar-refractivity contribution >= 4 is 17.3 Å². The molecule has 94 valence electrons. The third kappa shape index (κ3) is 2.44. The first-order chi connectivity index (χ1) is 8.65. The fourth-order valence-corrected chi connectivity index (χ4v) is 2.14. The summed E-state index contributed by atoms with van der Waals surface area (Å²) in [5.74, 6) is 0.748. The molecule has 3 heteroatoms. The molecule has 0 heterocycles. The van der Waals surface area contributed by atoms with Gasteiger partial charge in [0.15, 0.2) is 0 Å². The highest BCUT2D eigenvalue weighted by Crippen LogP contribution is 2.36. The Hall–Kier alpha value is -1.67. The van der Waals surface area contributed by atoms with Crippen molar-refractivity contribution in [3.8, 4) is 16.9 Å². The number of aryl methyl sites for hydroxylation is 1.